The predicted octanol–water partition coefficient (Wildman–Crippen LogP) is 6.82. The molecular weight excluding hydrogens is 545 g/mol. The van der Waals surface area contributed by atoms with Crippen molar-refractivity contribution in [1.82, 2.24) is 15.2 Å². The van der Waals surface area contributed by atoms with Crippen LogP contribution in [0, 0.1) is 5.82 Å². The quantitative estimate of drug-likeness (QED) is 0.182. The Hall–Kier alpha value is -3.14. The van der Waals surface area contributed by atoms with Gasteiger partial charge in [-0.3, -0.25) is 5.10 Å². The molecule has 3 aromatic carbocycles. The van der Waals surface area contributed by atoms with Gasteiger partial charge in [0.2, 0.25) is 5.16 Å². The molecule has 0 aliphatic rings. The van der Waals surface area contributed by atoms with Gasteiger partial charge in [-0.15, -0.1) is 5.10 Å². The summed E-state index contributed by atoms with van der Waals surface area (Å²) in [5, 5.41) is 17.5. The number of hydrogen-bond donors (Lipinski definition) is 2. The van der Waals surface area contributed by atoms with Gasteiger partial charge in [0.25, 0.3) is 0 Å². The van der Waals surface area contributed by atoms with Crippen LogP contribution in [0.1, 0.15) is 11.1 Å². The van der Waals surface area contributed by atoms with E-state index in [1.165, 1.54) is 18.2 Å². The number of ether oxygens (including phenoxy) is 1. The second kappa shape index (κ2) is 10.9. The number of nitrogens with zero attached hydrogens (tertiary/aromatic N) is 2. The number of aliphatic carboxylic acids is 1. The van der Waals surface area contributed by atoms with Gasteiger partial charge >= 0.3 is 5.97 Å². The first kappa shape index (κ1) is 24.0. The minimum absolute atomic E-state index is 0.0496. The van der Waals surface area contributed by atoms with Crippen molar-refractivity contribution in [2.24, 2.45) is 0 Å². The fraction of sp³-hybridized carbons (Fsp3) is 0.0417. The highest BCUT2D eigenvalue weighted by Crippen LogP contribution is 2.31. The van der Waals surface area contributed by atoms with Gasteiger partial charge in [0.05, 0.1) is 4.47 Å². The number of halogens is 3. The summed E-state index contributed by atoms with van der Waals surface area (Å²) < 4.78 is 19.5. The first-order valence-electron chi connectivity index (χ1n) is 9.85. The van der Waals surface area contributed by atoms with E-state index in [-0.39, 0.29) is 22.5 Å². The van der Waals surface area contributed by atoms with E-state index >= 15 is 0 Å². The highest BCUT2D eigenvalue weighted by molar-refractivity contribution is 9.10. The molecule has 2 N–H and O–H groups in total. The summed E-state index contributed by atoms with van der Waals surface area (Å²) >= 11 is 10.3. The van der Waals surface area contributed by atoms with Gasteiger partial charge in [-0.05, 0) is 93.4 Å². The highest BCUT2D eigenvalue weighted by atomic mass is 79.9. The van der Waals surface area contributed by atoms with Crippen molar-refractivity contribution in [2.45, 2.75) is 11.8 Å². The molecule has 0 bridgehead atoms. The molecule has 0 aliphatic heterocycles. The van der Waals surface area contributed by atoms with Crippen LogP contribution >= 0.6 is 39.3 Å². The number of aromatic amines is 1. The molecule has 0 fully saturated rings. The molecule has 10 heteroatoms. The maximum Gasteiger partial charge on any atom is 0.342 e. The zero-order valence-electron chi connectivity index (χ0n) is 17.3. The van der Waals surface area contributed by atoms with Crippen molar-refractivity contribution in [1.29, 1.82) is 0 Å². The minimum Gasteiger partial charge on any atom is -0.488 e. The molecular formula is C24H16BrClFN3O3S. The third-order valence-electron chi connectivity index (χ3n) is 4.56. The van der Waals surface area contributed by atoms with Crippen molar-refractivity contribution in [3.63, 3.8) is 0 Å². The highest BCUT2D eigenvalue weighted by Gasteiger charge is 2.15. The van der Waals surface area contributed by atoms with Gasteiger partial charge in [0.15, 0.2) is 5.82 Å². The fourth-order valence-corrected chi connectivity index (χ4v) is 4.22. The van der Waals surface area contributed by atoms with E-state index in [0.717, 1.165) is 22.9 Å². The van der Waals surface area contributed by atoms with Crippen LogP contribution in [0.25, 0.3) is 17.5 Å². The van der Waals surface area contributed by atoms with E-state index in [9.17, 15) is 14.3 Å². The summed E-state index contributed by atoms with van der Waals surface area (Å²) in [5.74, 6) is -0.322. The van der Waals surface area contributed by atoms with Crippen LogP contribution in [0.3, 0.4) is 0 Å². The Labute approximate surface area is 212 Å². The Morgan fingerprint density at radius 3 is 2.56 bits per heavy atom. The third-order valence-corrected chi connectivity index (χ3v) is 6.31. The standard InChI is InChI=1S/C24H16BrClFN3O3S/c25-19-11-15(3-10-20(19)33-13-14-1-8-18(27)9-2-14)12-21(23(31)32)34-24-28-22(29-30-24)16-4-6-17(26)7-5-16/h1-12H,13H2,(H,31,32)(H,28,29,30)/b21-12-. The number of H-pyrrole nitrogens is 1. The molecule has 1 aromatic heterocycles. The fourth-order valence-electron chi connectivity index (χ4n) is 2.88. The van der Waals surface area contributed by atoms with E-state index in [1.807, 2.05) is 0 Å². The molecule has 4 rings (SSSR count). The van der Waals surface area contributed by atoms with Crippen LogP contribution in [0.2, 0.25) is 5.02 Å². The normalized spacial score (nSPS) is 11.4. The number of carboxylic acid groups (broad SMARTS) is 1. The van der Waals surface area contributed by atoms with Crippen LogP contribution in [-0.4, -0.2) is 26.3 Å². The Balaban J connectivity index is 1.47. The maximum absolute atomic E-state index is 13.0. The molecule has 0 unspecified atom stereocenters. The molecule has 0 radical (unpaired) electrons. The lowest BCUT2D eigenvalue weighted by Gasteiger charge is -2.09. The van der Waals surface area contributed by atoms with Crippen molar-refractivity contribution in [3.05, 3.63) is 98.1 Å². The summed E-state index contributed by atoms with van der Waals surface area (Å²) in [6.45, 7) is 0.269. The number of rotatable bonds is 8. The molecule has 0 saturated carbocycles. The molecule has 6 nitrogen and oxygen atoms in total. The summed E-state index contributed by atoms with van der Waals surface area (Å²) in [7, 11) is 0. The zero-order valence-corrected chi connectivity index (χ0v) is 20.5. The Kier molecular flexibility index (Phi) is 7.66. The van der Waals surface area contributed by atoms with Crippen molar-refractivity contribution < 1.29 is 19.0 Å². The SMILES string of the molecule is O=C(O)/C(=C/c1ccc(OCc2ccc(F)cc2)c(Br)c1)Sc1n[nH]c(-c2ccc(Cl)cc2)n1. The average Bonchev–Trinajstić information content (AvgIpc) is 3.28. The van der Waals surface area contributed by atoms with Crippen molar-refractivity contribution in [3.8, 4) is 17.1 Å². The number of aromatic nitrogens is 3. The lowest BCUT2D eigenvalue weighted by Crippen LogP contribution is -1.98. The van der Waals surface area contributed by atoms with Crippen LogP contribution < -0.4 is 4.74 Å². The molecule has 0 saturated heterocycles. The molecule has 172 valence electrons. The average molecular weight is 561 g/mol. The molecule has 4 aromatic rings. The molecule has 1 heterocycles. The zero-order chi connectivity index (χ0) is 24.1. The summed E-state index contributed by atoms with van der Waals surface area (Å²) in [6.07, 6.45) is 1.53. The van der Waals surface area contributed by atoms with E-state index in [4.69, 9.17) is 16.3 Å². The van der Waals surface area contributed by atoms with Gasteiger partial charge in [-0.25, -0.2) is 14.2 Å². The molecule has 0 atom stereocenters. The molecule has 34 heavy (non-hydrogen) atoms. The number of carboxylic acids is 1. The van der Waals surface area contributed by atoms with Gasteiger partial charge in [-0.2, -0.15) is 0 Å². The molecule has 0 amide bonds. The van der Waals surface area contributed by atoms with Crippen molar-refractivity contribution in [2.75, 3.05) is 0 Å². The van der Waals surface area contributed by atoms with E-state index in [0.29, 0.717) is 26.6 Å². The predicted molar refractivity (Wildman–Crippen MR) is 133 cm³/mol. The lowest BCUT2D eigenvalue weighted by molar-refractivity contribution is -0.131. The number of carbonyl (C=O) groups is 1. The second-order valence-electron chi connectivity index (χ2n) is 6.99. The Morgan fingerprint density at radius 2 is 1.88 bits per heavy atom. The lowest BCUT2D eigenvalue weighted by atomic mass is 10.2. The second-order valence-corrected chi connectivity index (χ2v) is 9.29. The minimum atomic E-state index is -1.10. The molecule has 0 spiro atoms. The monoisotopic (exact) mass is 559 g/mol. The first-order valence-corrected chi connectivity index (χ1v) is 11.8. The summed E-state index contributed by atoms with van der Waals surface area (Å²) in [4.78, 5) is 16.2. The van der Waals surface area contributed by atoms with E-state index in [2.05, 4.69) is 31.1 Å². The smallest absolute Gasteiger partial charge is 0.342 e. The van der Waals surface area contributed by atoms with Crippen LogP contribution in [-0.2, 0) is 11.4 Å². The van der Waals surface area contributed by atoms with E-state index < -0.39 is 5.97 Å². The maximum atomic E-state index is 13.0. The number of benzene rings is 3. The van der Waals surface area contributed by atoms with Crippen molar-refractivity contribution >= 4 is 51.3 Å². The van der Waals surface area contributed by atoms with Crippen LogP contribution in [0.4, 0.5) is 4.39 Å². The summed E-state index contributed by atoms with van der Waals surface area (Å²) in [6, 6.07) is 18.3. The van der Waals surface area contributed by atoms with E-state index in [1.54, 1.807) is 54.6 Å². The Morgan fingerprint density at radius 1 is 1.15 bits per heavy atom. The van der Waals surface area contributed by atoms with Crippen LogP contribution in [0.5, 0.6) is 5.75 Å². The first-order chi connectivity index (χ1) is 16.4. The van der Waals surface area contributed by atoms with Gasteiger partial charge in [-0.1, -0.05) is 29.8 Å². The number of thioether (sulfide) groups is 1. The van der Waals surface area contributed by atoms with Gasteiger partial charge in [0.1, 0.15) is 23.1 Å². The largest absolute Gasteiger partial charge is 0.488 e. The topological polar surface area (TPSA) is 88.1 Å². The Bertz CT molecular complexity index is 1340. The number of hydrogen-bond acceptors (Lipinski definition) is 5. The third kappa shape index (κ3) is 6.25. The van der Waals surface area contributed by atoms with Gasteiger partial charge in [0, 0.05) is 10.6 Å². The van der Waals surface area contributed by atoms with Crippen LogP contribution in [0.15, 0.2) is 81.3 Å². The molecule has 0 aliphatic carbocycles. The van der Waals surface area contributed by atoms with Gasteiger partial charge < -0.3 is 9.84 Å². The number of nitrogens with one attached hydrogen (secondary N) is 1. The summed E-state index contributed by atoms with van der Waals surface area (Å²) in [5.41, 5.74) is 2.26.